The molecule has 0 radical (unpaired) electrons. The number of nitrogens with one attached hydrogen (secondary N) is 1. The van der Waals surface area contributed by atoms with Crippen molar-refractivity contribution in [3.05, 3.63) is 35.9 Å². The molecular formula is C15H20N2O3. The predicted octanol–water partition coefficient (Wildman–Crippen LogP) is 2.04. The van der Waals surface area contributed by atoms with Crippen molar-refractivity contribution in [1.82, 2.24) is 5.32 Å². The van der Waals surface area contributed by atoms with Crippen LogP contribution in [0.5, 0.6) is 0 Å². The number of hydrogen-bond donors (Lipinski definition) is 3. The Morgan fingerprint density at radius 1 is 1.35 bits per heavy atom. The van der Waals surface area contributed by atoms with Crippen LogP contribution in [0.25, 0.3) is 6.08 Å². The van der Waals surface area contributed by atoms with E-state index in [2.05, 4.69) is 5.32 Å². The zero-order valence-electron chi connectivity index (χ0n) is 11.5. The molecule has 5 heteroatoms. The molecule has 0 fully saturated rings. The molecule has 1 aromatic carbocycles. The maximum atomic E-state index is 11.7. The lowest BCUT2D eigenvalue weighted by atomic mass is 10.1. The van der Waals surface area contributed by atoms with E-state index in [1.165, 1.54) is 6.08 Å². The number of rotatable bonds is 7. The smallest absolute Gasteiger partial charge is 0.303 e. The van der Waals surface area contributed by atoms with Crippen LogP contribution < -0.4 is 11.1 Å². The molecule has 0 spiro atoms. The van der Waals surface area contributed by atoms with Crippen LogP contribution in [-0.4, -0.2) is 23.0 Å². The van der Waals surface area contributed by atoms with Gasteiger partial charge in [-0.05, 0) is 43.5 Å². The fourth-order valence-corrected chi connectivity index (χ4v) is 1.70. The molecule has 0 saturated heterocycles. The Balaban J connectivity index is 2.35. The molecular weight excluding hydrogens is 256 g/mol. The highest BCUT2D eigenvalue weighted by atomic mass is 16.4. The zero-order valence-corrected chi connectivity index (χ0v) is 11.5. The molecule has 1 unspecified atom stereocenters. The van der Waals surface area contributed by atoms with Crippen LogP contribution in [0.3, 0.4) is 0 Å². The van der Waals surface area contributed by atoms with Gasteiger partial charge in [0.15, 0.2) is 0 Å². The third kappa shape index (κ3) is 6.58. The molecule has 0 aliphatic carbocycles. The Morgan fingerprint density at radius 3 is 2.60 bits per heavy atom. The molecule has 0 aliphatic heterocycles. The van der Waals surface area contributed by atoms with Crippen LogP contribution in [0.15, 0.2) is 30.3 Å². The molecule has 0 aliphatic rings. The summed E-state index contributed by atoms with van der Waals surface area (Å²) >= 11 is 0. The number of nitrogens with two attached hydrogens (primary N) is 1. The first-order chi connectivity index (χ1) is 9.47. The Kier molecular flexibility index (Phi) is 6.29. The van der Waals surface area contributed by atoms with Gasteiger partial charge in [0.1, 0.15) is 0 Å². The Labute approximate surface area is 118 Å². The lowest BCUT2D eigenvalue weighted by Crippen LogP contribution is -2.31. The lowest BCUT2D eigenvalue weighted by molar-refractivity contribution is -0.137. The Bertz CT molecular complexity index is 480. The van der Waals surface area contributed by atoms with Gasteiger partial charge in [0.25, 0.3) is 0 Å². The quantitative estimate of drug-likeness (QED) is 0.525. The molecule has 4 N–H and O–H groups in total. The number of carbonyl (C=O) groups is 2. The highest BCUT2D eigenvalue weighted by Gasteiger charge is 2.05. The number of benzene rings is 1. The zero-order chi connectivity index (χ0) is 15.0. The minimum Gasteiger partial charge on any atom is -0.481 e. The average Bonchev–Trinajstić information content (AvgIpc) is 2.37. The molecule has 0 heterocycles. The maximum Gasteiger partial charge on any atom is 0.303 e. The fourth-order valence-electron chi connectivity index (χ4n) is 1.70. The third-order valence-electron chi connectivity index (χ3n) is 2.78. The van der Waals surface area contributed by atoms with E-state index in [4.69, 9.17) is 10.8 Å². The summed E-state index contributed by atoms with van der Waals surface area (Å²) in [5, 5.41) is 11.3. The van der Waals surface area contributed by atoms with Crippen LogP contribution in [-0.2, 0) is 9.59 Å². The van der Waals surface area contributed by atoms with Crippen molar-refractivity contribution in [3.8, 4) is 0 Å². The van der Waals surface area contributed by atoms with Crippen molar-refractivity contribution < 1.29 is 14.7 Å². The predicted molar refractivity (Wildman–Crippen MR) is 79.0 cm³/mol. The number of carbonyl (C=O) groups excluding carboxylic acids is 1. The summed E-state index contributed by atoms with van der Waals surface area (Å²) in [6, 6.07) is 7.15. The third-order valence-corrected chi connectivity index (χ3v) is 2.78. The van der Waals surface area contributed by atoms with Crippen molar-refractivity contribution in [1.29, 1.82) is 0 Å². The summed E-state index contributed by atoms with van der Waals surface area (Å²) in [6.45, 7) is 1.86. The van der Waals surface area contributed by atoms with Crippen molar-refractivity contribution in [2.24, 2.45) is 0 Å². The first-order valence-corrected chi connectivity index (χ1v) is 6.53. The number of amides is 1. The first-order valence-electron chi connectivity index (χ1n) is 6.53. The van der Waals surface area contributed by atoms with Gasteiger partial charge >= 0.3 is 5.97 Å². The molecule has 20 heavy (non-hydrogen) atoms. The van der Waals surface area contributed by atoms with Gasteiger partial charge in [-0.2, -0.15) is 0 Å². The molecule has 1 aromatic rings. The van der Waals surface area contributed by atoms with E-state index in [-0.39, 0.29) is 18.4 Å². The van der Waals surface area contributed by atoms with E-state index in [1.54, 1.807) is 18.2 Å². The Hall–Kier alpha value is -2.30. The van der Waals surface area contributed by atoms with Crippen molar-refractivity contribution in [2.45, 2.75) is 32.2 Å². The second kappa shape index (κ2) is 7.99. The van der Waals surface area contributed by atoms with Crippen molar-refractivity contribution in [2.75, 3.05) is 5.73 Å². The molecule has 0 bridgehead atoms. The molecule has 5 nitrogen and oxygen atoms in total. The molecule has 1 amide bonds. The highest BCUT2D eigenvalue weighted by molar-refractivity contribution is 5.91. The molecule has 108 valence electrons. The monoisotopic (exact) mass is 276 g/mol. The summed E-state index contributed by atoms with van der Waals surface area (Å²) < 4.78 is 0. The molecule has 0 aromatic heterocycles. The van der Waals surface area contributed by atoms with Crippen LogP contribution in [0.4, 0.5) is 5.69 Å². The average molecular weight is 276 g/mol. The summed E-state index contributed by atoms with van der Waals surface area (Å²) in [5.74, 6) is -1.00. The van der Waals surface area contributed by atoms with E-state index in [1.807, 2.05) is 19.1 Å². The van der Waals surface area contributed by atoms with Gasteiger partial charge in [-0.25, -0.2) is 0 Å². The van der Waals surface area contributed by atoms with Gasteiger partial charge in [0.2, 0.25) is 5.91 Å². The summed E-state index contributed by atoms with van der Waals surface area (Å²) in [6.07, 6.45) is 4.49. The van der Waals surface area contributed by atoms with Gasteiger partial charge in [0, 0.05) is 24.2 Å². The number of aliphatic carboxylic acids is 1. The largest absolute Gasteiger partial charge is 0.481 e. The lowest BCUT2D eigenvalue weighted by Gasteiger charge is -2.11. The van der Waals surface area contributed by atoms with E-state index >= 15 is 0 Å². The van der Waals surface area contributed by atoms with Gasteiger partial charge in [0.05, 0.1) is 0 Å². The SMILES string of the molecule is CC(CCCC(=O)O)NC(=O)/C=C/c1ccc(N)cc1. The van der Waals surface area contributed by atoms with E-state index in [0.29, 0.717) is 18.5 Å². The van der Waals surface area contributed by atoms with E-state index in [0.717, 1.165) is 5.56 Å². The Morgan fingerprint density at radius 2 is 2.00 bits per heavy atom. The van der Waals surface area contributed by atoms with Crippen LogP contribution in [0.2, 0.25) is 0 Å². The van der Waals surface area contributed by atoms with Gasteiger partial charge in [-0.1, -0.05) is 12.1 Å². The summed E-state index contributed by atoms with van der Waals surface area (Å²) in [7, 11) is 0. The van der Waals surface area contributed by atoms with Gasteiger partial charge in [-0.3, -0.25) is 9.59 Å². The minimum atomic E-state index is -0.813. The molecule has 0 saturated carbocycles. The van der Waals surface area contributed by atoms with Crippen molar-refractivity contribution in [3.63, 3.8) is 0 Å². The van der Waals surface area contributed by atoms with Crippen molar-refractivity contribution >= 4 is 23.6 Å². The normalized spacial score (nSPS) is 12.2. The summed E-state index contributed by atoms with van der Waals surface area (Å²) in [4.78, 5) is 22.0. The van der Waals surface area contributed by atoms with Crippen LogP contribution >= 0.6 is 0 Å². The highest BCUT2D eigenvalue weighted by Crippen LogP contribution is 2.07. The van der Waals surface area contributed by atoms with E-state index < -0.39 is 5.97 Å². The first kappa shape index (κ1) is 15.8. The maximum absolute atomic E-state index is 11.7. The topological polar surface area (TPSA) is 92.4 Å². The van der Waals surface area contributed by atoms with E-state index in [9.17, 15) is 9.59 Å². The number of hydrogen-bond acceptors (Lipinski definition) is 3. The second-order valence-electron chi connectivity index (χ2n) is 4.70. The number of anilines is 1. The van der Waals surface area contributed by atoms with Gasteiger partial charge < -0.3 is 16.2 Å². The number of carboxylic acid groups (broad SMARTS) is 1. The van der Waals surface area contributed by atoms with Gasteiger partial charge in [-0.15, -0.1) is 0 Å². The second-order valence-corrected chi connectivity index (χ2v) is 4.70. The fraction of sp³-hybridized carbons (Fsp3) is 0.333. The molecule has 1 atom stereocenters. The summed E-state index contributed by atoms with van der Waals surface area (Å²) in [5.41, 5.74) is 7.15. The number of carboxylic acids is 1. The van der Waals surface area contributed by atoms with Crippen LogP contribution in [0.1, 0.15) is 31.7 Å². The standard InChI is InChI=1S/C15H20N2O3/c1-11(3-2-4-15(19)20)17-14(18)10-7-12-5-8-13(16)9-6-12/h5-11H,2-4,16H2,1H3,(H,17,18)(H,19,20)/b10-7+. The van der Waals surface area contributed by atoms with Crippen LogP contribution in [0, 0.1) is 0 Å². The minimum absolute atomic E-state index is 0.0436. The number of nitrogen functional groups attached to an aromatic ring is 1. The molecule has 1 rings (SSSR count).